The summed E-state index contributed by atoms with van der Waals surface area (Å²) >= 11 is 12.4. The number of nitrogens with zero attached hydrogens (tertiary/aromatic N) is 2. The number of anilines is 1. The van der Waals surface area contributed by atoms with Gasteiger partial charge in [0, 0.05) is 46.3 Å². The first-order valence-corrected chi connectivity index (χ1v) is 9.26. The highest BCUT2D eigenvalue weighted by molar-refractivity contribution is 6.35. The number of carbonyl (C=O) groups is 2. The minimum absolute atomic E-state index is 0.0533. The van der Waals surface area contributed by atoms with E-state index >= 15 is 0 Å². The van der Waals surface area contributed by atoms with Crippen molar-refractivity contribution in [3.05, 3.63) is 69.6 Å². The van der Waals surface area contributed by atoms with E-state index in [1.165, 1.54) is 0 Å². The summed E-state index contributed by atoms with van der Waals surface area (Å²) < 4.78 is 0. The molecule has 1 unspecified atom stereocenters. The van der Waals surface area contributed by atoms with Crippen LogP contribution in [0.2, 0.25) is 10.0 Å². The van der Waals surface area contributed by atoms with Gasteiger partial charge in [0.05, 0.1) is 11.9 Å². The minimum Gasteiger partial charge on any atom is -0.294 e. The molecule has 1 aromatic heterocycles. The molecule has 4 nitrogen and oxygen atoms in total. The molecular weight excluding hydrogens is 371 g/mol. The number of ketones is 1. The second kappa shape index (κ2) is 6.86. The maximum atomic E-state index is 13.0. The van der Waals surface area contributed by atoms with Crippen molar-refractivity contribution in [2.75, 3.05) is 4.90 Å². The molecule has 0 saturated heterocycles. The topological polar surface area (TPSA) is 50.3 Å². The first-order valence-electron chi connectivity index (χ1n) is 8.50. The van der Waals surface area contributed by atoms with E-state index in [1.54, 1.807) is 35.5 Å². The molecule has 0 fully saturated rings. The van der Waals surface area contributed by atoms with Crippen LogP contribution in [0.4, 0.5) is 5.69 Å². The number of benzene rings is 1. The average molecular weight is 387 g/mol. The van der Waals surface area contributed by atoms with Crippen LogP contribution in [0.3, 0.4) is 0 Å². The summed E-state index contributed by atoms with van der Waals surface area (Å²) in [6.45, 7) is 0. The van der Waals surface area contributed by atoms with Crippen molar-refractivity contribution in [2.45, 2.75) is 31.6 Å². The number of Topliss-reactive ketones (excluding diaryl/α,β-unsaturated/α-hetero) is 1. The van der Waals surface area contributed by atoms with E-state index in [4.69, 9.17) is 23.2 Å². The molecule has 0 saturated carbocycles. The third kappa shape index (κ3) is 2.93. The van der Waals surface area contributed by atoms with Gasteiger partial charge in [0.1, 0.15) is 0 Å². The van der Waals surface area contributed by atoms with Gasteiger partial charge in [0.2, 0.25) is 5.91 Å². The third-order valence-electron chi connectivity index (χ3n) is 4.92. The van der Waals surface area contributed by atoms with E-state index in [0.717, 1.165) is 17.7 Å². The molecule has 0 spiro atoms. The molecule has 2 aromatic rings. The molecule has 2 aliphatic rings. The summed E-state index contributed by atoms with van der Waals surface area (Å²) in [5, 5.41) is 1.01. The zero-order chi connectivity index (χ0) is 18.3. The molecule has 6 heteroatoms. The summed E-state index contributed by atoms with van der Waals surface area (Å²) in [6.07, 6.45) is 5.43. The average Bonchev–Trinajstić information content (AvgIpc) is 2.62. The molecule has 1 aromatic carbocycles. The fourth-order valence-corrected chi connectivity index (χ4v) is 4.37. The van der Waals surface area contributed by atoms with Crippen molar-refractivity contribution in [1.82, 2.24) is 4.98 Å². The minimum atomic E-state index is -0.331. The molecule has 1 aliphatic heterocycles. The summed E-state index contributed by atoms with van der Waals surface area (Å²) in [4.78, 5) is 31.6. The number of rotatable bonds is 2. The largest absolute Gasteiger partial charge is 0.294 e. The number of amides is 1. The van der Waals surface area contributed by atoms with Crippen LogP contribution >= 0.6 is 23.2 Å². The quantitative estimate of drug-likeness (QED) is 0.735. The van der Waals surface area contributed by atoms with Gasteiger partial charge in [-0.25, -0.2) is 0 Å². The second-order valence-electron chi connectivity index (χ2n) is 6.50. The fourth-order valence-electron chi connectivity index (χ4n) is 3.83. The second-order valence-corrected chi connectivity index (χ2v) is 7.34. The number of pyridine rings is 1. The van der Waals surface area contributed by atoms with Crippen LogP contribution in [-0.2, 0) is 9.59 Å². The summed E-state index contributed by atoms with van der Waals surface area (Å²) in [7, 11) is 0. The molecule has 26 heavy (non-hydrogen) atoms. The van der Waals surface area contributed by atoms with E-state index < -0.39 is 0 Å². The number of carbonyl (C=O) groups excluding carboxylic acids is 2. The lowest BCUT2D eigenvalue weighted by atomic mass is 9.77. The summed E-state index contributed by atoms with van der Waals surface area (Å²) in [5.41, 5.74) is 2.95. The molecule has 1 atom stereocenters. The van der Waals surface area contributed by atoms with Crippen molar-refractivity contribution in [1.29, 1.82) is 0 Å². The Hall–Kier alpha value is -2.17. The first kappa shape index (κ1) is 17.3. The Morgan fingerprint density at radius 3 is 2.69 bits per heavy atom. The molecule has 1 aliphatic carbocycles. The smallest absolute Gasteiger partial charge is 0.232 e. The van der Waals surface area contributed by atoms with Crippen molar-refractivity contribution >= 4 is 40.6 Å². The van der Waals surface area contributed by atoms with Crippen molar-refractivity contribution in [2.24, 2.45) is 0 Å². The lowest BCUT2D eigenvalue weighted by molar-refractivity contribution is -0.119. The molecule has 0 bridgehead atoms. The van der Waals surface area contributed by atoms with Crippen LogP contribution in [0.15, 0.2) is 54.0 Å². The maximum absolute atomic E-state index is 13.0. The van der Waals surface area contributed by atoms with Crippen LogP contribution in [-0.4, -0.2) is 16.7 Å². The number of allylic oxidation sites excluding steroid dienone is 2. The standard InChI is InChI=1S/C20H16Cl2N2O2/c21-12-6-7-14(16(22)9-12)15-10-19(26)24(13-3-2-8-23-11-13)17-4-1-5-18(25)20(15)17/h2-3,6-9,11,15H,1,4-5,10H2. The summed E-state index contributed by atoms with van der Waals surface area (Å²) in [5.74, 6) is -0.297. The third-order valence-corrected chi connectivity index (χ3v) is 5.48. The van der Waals surface area contributed by atoms with E-state index in [9.17, 15) is 9.59 Å². The van der Waals surface area contributed by atoms with Crippen LogP contribution < -0.4 is 4.90 Å². The Morgan fingerprint density at radius 1 is 1.12 bits per heavy atom. The van der Waals surface area contributed by atoms with Crippen molar-refractivity contribution < 1.29 is 9.59 Å². The van der Waals surface area contributed by atoms with Gasteiger partial charge < -0.3 is 0 Å². The van der Waals surface area contributed by atoms with Gasteiger partial charge >= 0.3 is 0 Å². The fraction of sp³-hybridized carbons (Fsp3) is 0.250. The van der Waals surface area contributed by atoms with E-state index in [-0.39, 0.29) is 24.0 Å². The van der Waals surface area contributed by atoms with Gasteiger partial charge in [-0.2, -0.15) is 0 Å². The van der Waals surface area contributed by atoms with Gasteiger partial charge in [-0.3, -0.25) is 19.5 Å². The SMILES string of the molecule is O=C1CCCC2=C1C(c1ccc(Cl)cc1Cl)CC(=O)N2c1cccnc1. The number of hydrogen-bond donors (Lipinski definition) is 0. The Bertz CT molecular complexity index is 925. The number of halogens is 2. The Labute approximate surface area is 161 Å². The van der Waals surface area contributed by atoms with E-state index in [0.29, 0.717) is 34.1 Å². The zero-order valence-electron chi connectivity index (χ0n) is 13.9. The van der Waals surface area contributed by atoms with Gasteiger partial charge in [-0.1, -0.05) is 29.3 Å². The van der Waals surface area contributed by atoms with Crippen molar-refractivity contribution in [3.8, 4) is 0 Å². The monoisotopic (exact) mass is 386 g/mol. The van der Waals surface area contributed by atoms with Gasteiger partial charge in [0.25, 0.3) is 0 Å². The molecule has 2 heterocycles. The highest BCUT2D eigenvalue weighted by Crippen LogP contribution is 2.45. The molecule has 1 amide bonds. The lowest BCUT2D eigenvalue weighted by Gasteiger charge is -2.38. The number of aromatic nitrogens is 1. The molecule has 0 radical (unpaired) electrons. The van der Waals surface area contributed by atoms with Crippen molar-refractivity contribution in [3.63, 3.8) is 0 Å². The zero-order valence-corrected chi connectivity index (χ0v) is 15.4. The molecule has 132 valence electrons. The lowest BCUT2D eigenvalue weighted by Crippen LogP contribution is -2.40. The Kier molecular flexibility index (Phi) is 4.55. The first-order chi connectivity index (χ1) is 12.6. The van der Waals surface area contributed by atoms with Gasteiger partial charge in [0.15, 0.2) is 5.78 Å². The highest BCUT2D eigenvalue weighted by atomic mass is 35.5. The van der Waals surface area contributed by atoms with Gasteiger partial charge in [-0.15, -0.1) is 0 Å². The normalized spacial score (nSPS) is 20.4. The molecule has 4 rings (SSSR count). The van der Waals surface area contributed by atoms with E-state index in [2.05, 4.69) is 4.98 Å². The van der Waals surface area contributed by atoms with Crippen LogP contribution in [0.25, 0.3) is 0 Å². The predicted molar refractivity (Wildman–Crippen MR) is 101 cm³/mol. The number of hydrogen-bond acceptors (Lipinski definition) is 3. The Morgan fingerprint density at radius 2 is 1.96 bits per heavy atom. The highest BCUT2D eigenvalue weighted by Gasteiger charge is 2.40. The Balaban J connectivity index is 1.88. The van der Waals surface area contributed by atoms with Gasteiger partial charge in [-0.05, 0) is 42.7 Å². The van der Waals surface area contributed by atoms with Crippen LogP contribution in [0.5, 0.6) is 0 Å². The van der Waals surface area contributed by atoms with E-state index in [1.807, 2.05) is 12.1 Å². The predicted octanol–water partition coefficient (Wildman–Crippen LogP) is 4.92. The summed E-state index contributed by atoms with van der Waals surface area (Å²) in [6, 6.07) is 8.84. The molecular formula is C20H16Cl2N2O2. The van der Waals surface area contributed by atoms with Crippen LogP contribution in [0, 0.1) is 0 Å². The van der Waals surface area contributed by atoms with Crippen LogP contribution in [0.1, 0.15) is 37.2 Å². The maximum Gasteiger partial charge on any atom is 0.232 e. The molecule has 0 N–H and O–H groups in total.